The van der Waals surface area contributed by atoms with Gasteiger partial charge < -0.3 is 20.1 Å². The first-order chi connectivity index (χ1) is 19.2. The minimum absolute atomic E-state index is 0.0199. The second-order valence-electron chi connectivity index (χ2n) is 10.8. The molecule has 40 heavy (non-hydrogen) atoms. The van der Waals surface area contributed by atoms with Gasteiger partial charge in [0.25, 0.3) is 5.91 Å². The Balaban J connectivity index is 1.57. The minimum atomic E-state index is -0.458. The predicted octanol–water partition coefficient (Wildman–Crippen LogP) is 6.63. The number of ketones is 1. The number of hydrogen-bond acceptors (Lipinski definition) is 5. The van der Waals surface area contributed by atoms with Gasteiger partial charge in [-0.2, -0.15) is 0 Å². The lowest BCUT2D eigenvalue weighted by Gasteiger charge is -2.37. The average molecular weight is 537 g/mol. The molecule has 1 amide bonds. The average Bonchev–Trinajstić information content (AvgIpc) is 2.94. The van der Waals surface area contributed by atoms with Crippen LogP contribution in [0.15, 0.2) is 83.2 Å². The molecule has 2 N–H and O–H groups in total. The minimum Gasteiger partial charge on any atom is -0.493 e. The number of allylic oxidation sites excluding steroid dienone is 3. The van der Waals surface area contributed by atoms with Gasteiger partial charge in [-0.05, 0) is 81.0 Å². The van der Waals surface area contributed by atoms with Crippen LogP contribution < -0.4 is 20.1 Å². The van der Waals surface area contributed by atoms with E-state index in [0.717, 1.165) is 44.9 Å². The molecule has 0 spiro atoms. The highest BCUT2D eigenvalue weighted by molar-refractivity contribution is 6.10. The van der Waals surface area contributed by atoms with Crippen molar-refractivity contribution in [1.82, 2.24) is 5.32 Å². The van der Waals surface area contributed by atoms with E-state index in [2.05, 4.69) is 28.8 Å². The lowest BCUT2D eigenvalue weighted by atomic mass is 9.70. The summed E-state index contributed by atoms with van der Waals surface area (Å²) in [7, 11) is 3.23. The maximum Gasteiger partial charge on any atom is 0.254 e. The summed E-state index contributed by atoms with van der Waals surface area (Å²) >= 11 is 0. The fourth-order valence-corrected chi connectivity index (χ4v) is 5.90. The third kappa shape index (κ3) is 5.14. The van der Waals surface area contributed by atoms with Crippen molar-refractivity contribution < 1.29 is 19.1 Å². The molecule has 1 heterocycles. The molecular weight excluding hydrogens is 500 g/mol. The van der Waals surface area contributed by atoms with Crippen LogP contribution in [0.1, 0.15) is 59.4 Å². The molecule has 6 nitrogen and oxygen atoms in total. The number of Topliss-reactive ketones (excluding diaryl/α,β-unsaturated/α-hetero) is 1. The van der Waals surface area contributed by atoms with Gasteiger partial charge in [0, 0.05) is 40.6 Å². The van der Waals surface area contributed by atoms with Gasteiger partial charge in [0.15, 0.2) is 17.3 Å². The SMILES string of the molecule is COc1ccc([C@@H]2CC(=O)C3=C(C2)NC(C)=C(C(=O)Nc2ccc(C)cc2)[C@H]3c2cc(C)ccc2C)cc1OC. The molecule has 2 atom stereocenters. The molecule has 3 aromatic carbocycles. The van der Waals surface area contributed by atoms with E-state index >= 15 is 0 Å². The van der Waals surface area contributed by atoms with E-state index in [1.165, 1.54) is 0 Å². The number of anilines is 1. The molecule has 0 bridgehead atoms. The molecule has 0 unspecified atom stereocenters. The largest absolute Gasteiger partial charge is 0.493 e. The first-order valence-electron chi connectivity index (χ1n) is 13.6. The van der Waals surface area contributed by atoms with Crippen molar-refractivity contribution in [2.24, 2.45) is 0 Å². The van der Waals surface area contributed by atoms with Crippen LogP contribution >= 0.6 is 0 Å². The van der Waals surface area contributed by atoms with Gasteiger partial charge in [0.2, 0.25) is 0 Å². The van der Waals surface area contributed by atoms with Crippen molar-refractivity contribution in [3.05, 3.63) is 111 Å². The number of carbonyl (C=O) groups is 2. The van der Waals surface area contributed by atoms with E-state index in [0.29, 0.717) is 35.5 Å². The molecule has 0 radical (unpaired) electrons. The molecule has 1 aliphatic carbocycles. The summed E-state index contributed by atoms with van der Waals surface area (Å²) in [5.74, 6) is 0.660. The zero-order chi connectivity index (χ0) is 28.6. The van der Waals surface area contributed by atoms with Gasteiger partial charge in [-0.15, -0.1) is 0 Å². The van der Waals surface area contributed by atoms with Crippen molar-refractivity contribution >= 4 is 17.4 Å². The number of methoxy groups -OCH3 is 2. The van der Waals surface area contributed by atoms with Gasteiger partial charge in [0.05, 0.1) is 14.2 Å². The van der Waals surface area contributed by atoms with Crippen LogP contribution in [0.3, 0.4) is 0 Å². The maximum atomic E-state index is 14.0. The first kappa shape index (κ1) is 27.3. The Hall–Kier alpha value is -4.32. The molecule has 6 heteroatoms. The molecule has 0 saturated carbocycles. The summed E-state index contributed by atoms with van der Waals surface area (Å²) < 4.78 is 10.9. The van der Waals surface area contributed by atoms with Crippen LogP contribution in [0.25, 0.3) is 0 Å². The summed E-state index contributed by atoms with van der Waals surface area (Å²) in [5, 5.41) is 6.56. The second-order valence-corrected chi connectivity index (χ2v) is 10.8. The number of rotatable bonds is 6. The zero-order valence-corrected chi connectivity index (χ0v) is 24.0. The normalized spacial score (nSPS) is 18.7. The smallest absolute Gasteiger partial charge is 0.254 e. The fourth-order valence-electron chi connectivity index (χ4n) is 5.90. The van der Waals surface area contributed by atoms with Gasteiger partial charge in [0.1, 0.15) is 0 Å². The van der Waals surface area contributed by atoms with Crippen LogP contribution in [-0.2, 0) is 9.59 Å². The van der Waals surface area contributed by atoms with Gasteiger partial charge in [-0.1, -0.05) is 47.5 Å². The van der Waals surface area contributed by atoms with Crippen LogP contribution in [0.5, 0.6) is 11.5 Å². The van der Waals surface area contributed by atoms with Gasteiger partial charge in [-0.25, -0.2) is 0 Å². The Morgan fingerprint density at radius 1 is 0.850 bits per heavy atom. The Morgan fingerprint density at radius 3 is 2.25 bits per heavy atom. The molecule has 206 valence electrons. The third-order valence-corrected chi connectivity index (χ3v) is 8.01. The molecule has 0 fully saturated rings. The van der Waals surface area contributed by atoms with Crippen molar-refractivity contribution in [2.75, 3.05) is 19.5 Å². The monoisotopic (exact) mass is 536 g/mol. The number of benzene rings is 3. The topological polar surface area (TPSA) is 76.7 Å². The van der Waals surface area contributed by atoms with Crippen LogP contribution in [0.2, 0.25) is 0 Å². The summed E-state index contributed by atoms with van der Waals surface area (Å²) in [6.45, 7) is 8.02. The number of aryl methyl sites for hydroxylation is 3. The molecule has 3 aromatic rings. The number of dihydropyridines is 1. The summed E-state index contributed by atoms with van der Waals surface area (Å²) in [6.07, 6.45) is 1.01. The van der Waals surface area contributed by atoms with Crippen molar-refractivity contribution in [1.29, 1.82) is 0 Å². The Morgan fingerprint density at radius 2 is 1.55 bits per heavy atom. The van der Waals surface area contributed by atoms with Crippen molar-refractivity contribution in [2.45, 2.75) is 52.4 Å². The molecule has 0 aromatic heterocycles. The second kappa shape index (κ2) is 11.0. The van der Waals surface area contributed by atoms with E-state index in [1.54, 1.807) is 14.2 Å². The molecule has 2 aliphatic rings. The molecule has 5 rings (SSSR count). The van der Waals surface area contributed by atoms with Crippen LogP contribution in [0, 0.1) is 20.8 Å². The van der Waals surface area contributed by atoms with Crippen molar-refractivity contribution in [3.8, 4) is 11.5 Å². The van der Waals surface area contributed by atoms with E-state index in [4.69, 9.17) is 9.47 Å². The van der Waals surface area contributed by atoms with Crippen LogP contribution in [-0.4, -0.2) is 25.9 Å². The van der Waals surface area contributed by atoms with Crippen LogP contribution in [0.4, 0.5) is 5.69 Å². The van der Waals surface area contributed by atoms with Crippen molar-refractivity contribution in [3.63, 3.8) is 0 Å². The highest BCUT2D eigenvalue weighted by Gasteiger charge is 2.41. The number of amides is 1. The Bertz CT molecular complexity index is 1550. The highest BCUT2D eigenvalue weighted by atomic mass is 16.5. The summed E-state index contributed by atoms with van der Waals surface area (Å²) in [5.41, 5.74) is 8.88. The maximum absolute atomic E-state index is 14.0. The predicted molar refractivity (Wildman–Crippen MR) is 158 cm³/mol. The molecular formula is C34H36N2O4. The first-order valence-corrected chi connectivity index (χ1v) is 13.6. The number of nitrogens with one attached hydrogen (secondary N) is 2. The van der Waals surface area contributed by atoms with E-state index in [-0.39, 0.29) is 17.6 Å². The van der Waals surface area contributed by atoms with E-state index in [9.17, 15) is 9.59 Å². The molecule has 1 aliphatic heterocycles. The highest BCUT2D eigenvalue weighted by Crippen LogP contribution is 2.47. The number of carbonyl (C=O) groups excluding carboxylic acids is 2. The Kier molecular flexibility index (Phi) is 7.53. The Labute approximate surface area is 236 Å². The quantitative estimate of drug-likeness (QED) is 0.370. The lowest BCUT2D eigenvalue weighted by Crippen LogP contribution is -2.37. The van der Waals surface area contributed by atoms with E-state index in [1.807, 2.05) is 70.2 Å². The van der Waals surface area contributed by atoms with E-state index < -0.39 is 5.92 Å². The number of ether oxygens (including phenoxy) is 2. The van der Waals surface area contributed by atoms with Gasteiger partial charge in [-0.3, -0.25) is 9.59 Å². The summed E-state index contributed by atoms with van der Waals surface area (Å²) in [4.78, 5) is 27.9. The van der Waals surface area contributed by atoms with Gasteiger partial charge >= 0.3 is 0 Å². The summed E-state index contributed by atoms with van der Waals surface area (Å²) in [6, 6.07) is 19.8. The lowest BCUT2D eigenvalue weighted by molar-refractivity contribution is -0.116. The number of hydrogen-bond donors (Lipinski definition) is 2. The third-order valence-electron chi connectivity index (χ3n) is 8.01. The zero-order valence-electron chi connectivity index (χ0n) is 24.0. The fraction of sp³-hybridized carbons (Fsp3) is 0.294. The molecule has 0 saturated heterocycles. The standard InChI is InChI=1S/C34H36N2O4/c1-19-8-12-25(13-9-19)36-34(38)31-22(4)35-27-16-24(23-11-14-29(39-5)30(18-23)40-6)17-28(37)33(27)32(31)26-15-20(2)7-10-21(26)3/h7-15,18,24,32,35H,16-17H2,1-6H3,(H,36,38)/t24-,32+/m0/s1.